The van der Waals surface area contributed by atoms with E-state index in [9.17, 15) is 0 Å². The SMILES string of the molecule is c1ccc(-c2nc(-c3cccc(-c4cccc(-c5nc(-c6ccccc6)nc(-c6ccccc6)n5)c4)c3)cc(-c3ccc4sc5cc6ccccc6cc5c4c3)n2)cc1. The molecular formula is C53H33N5S. The minimum Gasteiger partial charge on any atom is -0.228 e. The maximum atomic E-state index is 5.18. The second-order valence-corrected chi connectivity index (χ2v) is 15.6. The monoisotopic (exact) mass is 771 g/mol. The van der Waals surface area contributed by atoms with Crippen LogP contribution in [0.4, 0.5) is 0 Å². The molecule has 0 spiro atoms. The maximum absolute atomic E-state index is 5.18. The van der Waals surface area contributed by atoms with Gasteiger partial charge in [-0.25, -0.2) is 24.9 Å². The Morgan fingerprint density at radius 3 is 1.27 bits per heavy atom. The molecule has 3 aromatic heterocycles. The highest BCUT2D eigenvalue weighted by molar-refractivity contribution is 7.25. The van der Waals surface area contributed by atoms with E-state index in [4.69, 9.17) is 24.9 Å². The molecule has 11 aromatic rings. The zero-order valence-electron chi connectivity index (χ0n) is 31.7. The van der Waals surface area contributed by atoms with Gasteiger partial charge in [-0.3, -0.25) is 0 Å². The Kier molecular flexibility index (Phi) is 8.60. The van der Waals surface area contributed by atoms with Gasteiger partial charge in [0.15, 0.2) is 23.3 Å². The molecular weight excluding hydrogens is 739 g/mol. The first-order valence-corrected chi connectivity index (χ1v) is 20.4. The highest BCUT2D eigenvalue weighted by Gasteiger charge is 2.16. The minimum absolute atomic E-state index is 0.618. The summed E-state index contributed by atoms with van der Waals surface area (Å²) in [5, 5.41) is 5.01. The van der Waals surface area contributed by atoms with Crippen LogP contribution < -0.4 is 0 Å². The first-order valence-electron chi connectivity index (χ1n) is 19.6. The van der Waals surface area contributed by atoms with Gasteiger partial charge in [-0.1, -0.05) is 158 Å². The number of hydrogen-bond donors (Lipinski definition) is 0. The van der Waals surface area contributed by atoms with Crippen LogP contribution in [0.5, 0.6) is 0 Å². The van der Waals surface area contributed by atoms with Gasteiger partial charge in [-0.2, -0.15) is 0 Å². The predicted molar refractivity (Wildman–Crippen MR) is 244 cm³/mol. The van der Waals surface area contributed by atoms with Crippen molar-refractivity contribution in [1.29, 1.82) is 0 Å². The number of rotatable bonds is 7. The second-order valence-electron chi connectivity index (χ2n) is 14.5. The molecule has 0 aliphatic carbocycles. The highest BCUT2D eigenvalue weighted by atomic mass is 32.1. The summed E-state index contributed by atoms with van der Waals surface area (Å²) in [6, 6.07) is 69.4. The Morgan fingerprint density at radius 2 is 0.678 bits per heavy atom. The molecule has 0 N–H and O–H groups in total. The van der Waals surface area contributed by atoms with E-state index in [0.717, 1.165) is 55.9 Å². The van der Waals surface area contributed by atoms with Crippen LogP contribution in [0.25, 0.3) is 110 Å². The Morgan fingerprint density at radius 1 is 0.254 bits per heavy atom. The smallest absolute Gasteiger partial charge is 0.164 e. The average Bonchev–Trinajstić information content (AvgIpc) is 3.68. The van der Waals surface area contributed by atoms with Crippen LogP contribution in [0.1, 0.15) is 0 Å². The third kappa shape index (κ3) is 6.71. The molecule has 276 valence electrons. The normalized spacial score (nSPS) is 11.4. The van der Waals surface area contributed by atoms with Crippen molar-refractivity contribution < 1.29 is 0 Å². The van der Waals surface area contributed by atoms with Crippen molar-refractivity contribution in [2.24, 2.45) is 0 Å². The number of hydrogen-bond acceptors (Lipinski definition) is 6. The van der Waals surface area contributed by atoms with E-state index in [1.54, 1.807) is 0 Å². The third-order valence-corrected chi connectivity index (χ3v) is 11.8. The van der Waals surface area contributed by atoms with Gasteiger partial charge in [0.05, 0.1) is 11.4 Å². The Hall–Kier alpha value is -7.67. The van der Waals surface area contributed by atoms with Gasteiger partial charge in [-0.15, -0.1) is 11.3 Å². The van der Waals surface area contributed by atoms with Crippen molar-refractivity contribution in [3.8, 4) is 79.2 Å². The number of benzene rings is 8. The molecule has 5 nitrogen and oxygen atoms in total. The van der Waals surface area contributed by atoms with E-state index in [0.29, 0.717) is 23.3 Å². The van der Waals surface area contributed by atoms with E-state index >= 15 is 0 Å². The summed E-state index contributed by atoms with van der Waals surface area (Å²) in [5.41, 5.74) is 9.64. The predicted octanol–water partition coefficient (Wildman–Crippen LogP) is 13.9. The Labute approximate surface area is 345 Å². The molecule has 0 saturated carbocycles. The van der Waals surface area contributed by atoms with Crippen molar-refractivity contribution in [2.75, 3.05) is 0 Å². The lowest BCUT2D eigenvalue weighted by Crippen LogP contribution is -2.00. The summed E-state index contributed by atoms with van der Waals surface area (Å²) >= 11 is 1.83. The van der Waals surface area contributed by atoms with Crippen LogP contribution in [0, 0.1) is 0 Å². The van der Waals surface area contributed by atoms with Crippen LogP contribution in [0.2, 0.25) is 0 Å². The number of fused-ring (bicyclic) bond motifs is 4. The lowest BCUT2D eigenvalue weighted by atomic mass is 9.98. The fourth-order valence-electron chi connectivity index (χ4n) is 7.71. The van der Waals surface area contributed by atoms with Crippen molar-refractivity contribution in [2.45, 2.75) is 0 Å². The summed E-state index contributed by atoms with van der Waals surface area (Å²) in [4.78, 5) is 25.2. The van der Waals surface area contributed by atoms with Gasteiger partial charge in [0, 0.05) is 53.6 Å². The molecule has 0 unspecified atom stereocenters. The number of nitrogens with zero attached hydrogens (tertiary/aromatic N) is 5. The largest absolute Gasteiger partial charge is 0.228 e. The molecule has 0 fully saturated rings. The zero-order chi connectivity index (χ0) is 39.1. The number of thiophene rings is 1. The summed E-state index contributed by atoms with van der Waals surface area (Å²) in [6.07, 6.45) is 0. The van der Waals surface area contributed by atoms with Crippen molar-refractivity contribution in [1.82, 2.24) is 24.9 Å². The third-order valence-electron chi connectivity index (χ3n) is 10.7. The standard InChI is InChI=1S/C53H33N5S/c1-4-14-34(15-5-1)50-54-46(33-47(55-50)42-26-27-48-44(31-42)45-30-39-20-10-11-21-40(39)32-49(45)59-48)41-24-12-22-37(28-41)38-23-13-25-43(29-38)53-57-51(35-16-6-2-7-17-35)56-52(58-53)36-18-8-3-9-19-36/h1-33H. The van der Waals surface area contributed by atoms with Gasteiger partial charge in [0.1, 0.15) is 0 Å². The molecule has 8 aromatic carbocycles. The van der Waals surface area contributed by atoms with Crippen molar-refractivity contribution in [3.63, 3.8) is 0 Å². The highest BCUT2D eigenvalue weighted by Crippen LogP contribution is 2.39. The number of aromatic nitrogens is 5. The summed E-state index contributed by atoms with van der Waals surface area (Å²) in [7, 11) is 0. The molecule has 0 bridgehead atoms. The van der Waals surface area contributed by atoms with Gasteiger partial charge in [0.2, 0.25) is 0 Å². The quantitative estimate of drug-likeness (QED) is 0.161. The molecule has 11 rings (SSSR count). The van der Waals surface area contributed by atoms with Crippen LogP contribution in [-0.2, 0) is 0 Å². The van der Waals surface area contributed by atoms with Crippen LogP contribution >= 0.6 is 11.3 Å². The lowest BCUT2D eigenvalue weighted by molar-refractivity contribution is 1.07. The molecule has 3 heterocycles. The zero-order valence-corrected chi connectivity index (χ0v) is 32.5. The van der Waals surface area contributed by atoms with E-state index < -0.39 is 0 Å². The van der Waals surface area contributed by atoms with Gasteiger partial charge < -0.3 is 0 Å². The van der Waals surface area contributed by atoms with E-state index in [1.807, 2.05) is 90.2 Å². The molecule has 0 radical (unpaired) electrons. The van der Waals surface area contributed by atoms with Crippen LogP contribution in [-0.4, -0.2) is 24.9 Å². The van der Waals surface area contributed by atoms with Crippen molar-refractivity contribution in [3.05, 3.63) is 200 Å². The maximum Gasteiger partial charge on any atom is 0.164 e. The van der Waals surface area contributed by atoms with E-state index in [1.165, 1.54) is 30.9 Å². The molecule has 0 saturated heterocycles. The van der Waals surface area contributed by atoms with E-state index in [2.05, 4.69) is 121 Å². The fourth-order valence-corrected chi connectivity index (χ4v) is 8.83. The van der Waals surface area contributed by atoms with Gasteiger partial charge >= 0.3 is 0 Å². The van der Waals surface area contributed by atoms with Gasteiger partial charge in [-0.05, 0) is 64.4 Å². The average molecular weight is 772 g/mol. The summed E-state index contributed by atoms with van der Waals surface area (Å²) in [6.45, 7) is 0. The summed E-state index contributed by atoms with van der Waals surface area (Å²) < 4.78 is 2.55. The van der Waals surface area contributed by atoms with Crippen LogP contribution in [0.3, 0.4) is 0 Å². The molecule has 0 atom stereocenters. The lowest BCUT2D eigenvalue weighted by Gasteiger charge is -2.12. The minimum atomic E-state index is 0.618. The Balaban J connectivity index is 1.00. The molecule has 0 amide bonds. The first kappa shape index (κ1) is 34.6. The molecule has 0 aliphatic rings. The molecule has 59 heavy (non-hydrogen) atoms. The Bertz CT molecular complexity index is 3270. The molecule has 6 heteroatoms. The van der Waals surface area contributed by atoms with Gasteiger partial charge in [0.25, 0.3) is 0 Å². The second kappa shape index (κ2) is 14.7. The topological polar surface area (TPSA) is 64.5 Å². The summed E-state index contributed by atoms with van der Waals surface area (Å²) in [5.74, 6) is 2.57. The first-order chi connectivity index (χ1) is 29.2. The van der Waals surface area contributed by atoms with Crippen molar-refractivity contribution >= 4 is 42.3 Å². The van der Waals surface area contributed by atoms with E-state index in [-0.39, 0.29) is 0 Å². The fraction of sp³-hybridized carbons (Fsp3) is 0. The van der Waals surface area contributed by atoms with Crippen LogP contribution in [0.15, 0.2) is 200 Å². The molecule has 0 aliphatic heterocycles.